The highest BCUT2D eigenvalue weighted by atomic mass is 16.1. The molecular formula is C11H16N2O. The van der Waals surface area contributed by atoms with Crippen molar-refractivity contribution in [2.75, 3.05) is 5.73 Å². The maximum Gasteiger partial charge on any atom is 0.249 e. The summed E-state index contributed by atoms with van der Waals surface area (Å²) < 4.78 is 0. The Bertz CT molecular complexity index is 379. The lowest BCUT2D eigenvalue weighted by Gasteiger charge is -2.15. The van der Waals surface area contributed by atoms with E-state index >= 15 is 0 Å². The second-order valence-corrected chi connectivity index (χ2v) is 3.65. The molecule has 1 aromatic carbocycles. The number of amides is 1. The molecule has 0 fully saturated rings. The first kappa shape index (κ1) is 10.6. The number of anilines is 1. The van der Waals surface area contributed by atoms with Crippen LogP contribution >= 0.6 is 0 Å². The number of benzene rings is 1. The average Bonchev–Trinajstić information content (AvgIpc) is 2.11. The fraction of sp³-hybridized carbons (Fsp3) is 0.364. The van der Waals surface area contributed by atoms with Crippen molar-refractivity contribution in [3.63, 3.8) is 0 Å². The molecule has 0 atom stereocenters. The number of carbonyl (C=O) groups excluding carboxylic acids is 1. The summed E-state index contributed by atoms with van der Waals surface area (Å²) in [5.74, 6) is -0.383. The van der Waals surface area contributed by atoms with Crippen LogP contribution in [0.3, 0.4) is 0 Å². The van der Waals surface area contributed by atoms with E-state index < -0.39 is 0 Å². The van der Waals surface area contributed by atoms with Crippen molar-refractivity contribution < 1.29 is 4.79 Å². The second kappa shape index (κ2) is 3.33. The first-order chi connectivity index (χ1) is 6.37. The molecule has 0 spiro atoms. The molecule has 0 aromatic heterocycles. The van der Waals surface area contributed by atoms with Crippen LogP contribution in [-0.2, 0) is 0 Å². The van der Waals surface area contributed by atoms with Gasteiger partial charge in [0.2, 0.25) is 5.91 Å². The Balaban J connectivity index is 3.68. The lowest BCUT2D eigenvalue weighted by molar-refractivity contribution is 0.0999. The van der Waals surface area contributed by atoms with Gasteiger partial charge in [0.25, 0.3) is 0 Å². The first-order valence-corrected chi connectivity index (χ1v) is 4.53. The van der Waals surface area contributed by atoms with Crippen molar-refractivity contribution in [1.82, 2.24) is 0 Å². The van der Waals surface area contributed by atoms with Crippen molar-refractivity contribution in [2.45, 2.75) is 27.7 Å². The highest BCUT2D eigenvalue weighted by Gasteiger charge is 2.15. The molecule has 4 N–H and O–H groups in total. The Morgan fingerprint density at radius 2 is 1.29 bits per heavy atom. The van der Waals surface area contributed by atoms with Crippen LogP contribution in [-0.4, -0.2) is 5.91 Å². The summed E-state index contributed by atoms with van der Waals surface area (Å²) in [5.41, 5.74) is 16.3. The van der Waals surface area contributed by atoms with E-state index in [1.807, 2.05) is 27.7 Å². The van der Waals surface area contributed by atoms with Crippen molar-refractivity contribution in [3.05, 3.63) is 27.8 Å². The number of nitrogens with two attached hydrogens (primary N) is 2. The lowest BCUT2D eigenvalue weighted by Crippen LogP contribution is -2.17. The molecule has 0 radical (unpaired) electrons. The molecule has 0 aliphatic heterocycles. The molecule has 1 aromatic rings. The van der Waals surface area contributed by atoms with E-state index in [0.29, 0.717) is 5.56 Å². The van der Waals surface area contributed by atoms with E-state index in [4.69, 9.17) is 11.5 Å². The van der Waals surface area contributed by atoms with Gasteiger partial charge in [-0.3, -0.25) is 4.79 Å². The molecule has 0 aliphatic carbocycles. The van der Waals surface area contributed by atoms with Gasteiger partial charge in [-0.1, -0.05) is 0 Å². The molecule has 0 saturated heterocycles. The van der Waals surface area contributed by atoms with Gasteiger partial charge in [0.15, 0.2) is 0 Å². The largest absolute Gasteiger partial charge is 0.398 e. The van der Waals surface area contributed by atoms with Crippen LogP contribution in [0.5, 0.6) is 0 Å². The van der Waals surface area contributed by atoms with Gasteiger partial charge < -0.3 is 11.5 Å². The normalized spacial score (nSPS) is 10.3. The highest BCUT2D eigenvalue weighted by molar-refractivity contribution is 5.97. The van der Waals surface area contributed by atoms with Crippen molar-refractivity contribution in [1.29, 1.82) is 0 Å². The van der Waals surface area contributed by atoms with Crippen LogP contribution in [0.25, 0.3) is 0 Å². The van der Waals surface area contributed by atoms with Gasteiger partial charge in [0.1, 0.15) is 0 Å². The van der Waals surface area contributed by atoms with Gasteiger partial charge in [-0.15, -0.1) is 0 Å². The van der Waals surface area contributed by atoms with Crippen LogP contribution in [0.4, 0.5) is 5.69 Å². The minimum Gasteiger partial charge on any atom is -0.398 e. The summed E-state index contributed by atoms with van der Waals surface area (Å²) in [6.45, 7) is 7.56. The van der Waals surface area contributed by atoms with Gasteiger partial charge >= 0.3 is 0 Å². The smallest absolute Gasteiger partial charge is 0.249 e. The van der Waals surface area contributed by atoms with Crippen molar-refractivity contribution >= 4 is 11.6 Å². The van der Waals surface area contributed by atoms with Gasteiger partial charge in [-0.25, -0.2) is 0 Å². The minimum atomic E-state index is -0.383. The molecule has 1 amide bonds. The SMILES string of the molecule is Cc1c(C)c(C(N)=O)c(C)c(C)c1N. The average molecular weight is 192 g/mol. The Hall–Kier alpha value is -1.51. The van der Waals surface area contributed by atoms with E-state index in [9.17, 15) is 4.79 Å². The predicted molar refractivity (Wildman–Crippen MR) is 58.3 cm³/mol. The monoisotopic (exact) mass is 192 g/mol. The third kappa shape index (κ3) is 1.35. The number of carbonyl (C=O) groups is 1. The molecule has 0 aliphatic rings. The van der Waals surface area contributed by atoms with E-state index in [2.05, 4.69) is 0 Å². The summed E-state index contributed by atoms with van der Waals surface area (Å²) >= 11 is 0. The summed E-state index contributed by atoms with van der Waals surface area (Å²) in [6, 6.07) is 0. The second-order valence-electron chi connectivity index (χ2n) is 3.65. The van der Waals surface area contributed by atoms with Gasteiger partial charge in [0.05, 0.1) is 0 Å². The number of rotatable bonds is 1. The summed E-state index contributed by atoms with van der Waals surface area (Å²) in [6.07, 6.45) is 0. The number of hydrogen-bond acceptors (Lipinski definition) is 2. The molecule has 3 nitrogen and oxygen atoms in total. The van der Waals surface area contributed by atoms with Crippen molar-refractivity contribution in [2.24, 2.45) is 5.73 Å². The molecular weight excluding hydrogens is 176 g/mol. The molecule has 0 saturated carbocycles. The maximum atomic E-state index is 11.2. The molecule has 0 unspecified atom stereocenters. The Labute approximate surface area is 84.1 Å². The van der Waals surface area contributed by atoms with E-state index in [0.717, 1.165) is 27.9 Å². The summed E-state index contributed by atoms with van der Waals surface area (Å²) in [4.78, 5) is 11.2. The minimum absolute atomic E-state index is 0.383. The Morgan fingerprint density at radius 3 is 1.57 bits per heavy atom. The fourth-order valence-electron chi connectivity index (χ4n) is 1.71. The third-order valence-corrected chi connectivity index (χ3v) is 2.93. The highest BCUT2D eigenvalue weighted by Crippen LogP contribution is 2.27. The topological polar surface area (TPSA) is 69.1 Å². The zero-order valence-corrected chi connectivity index (χ0v) is 9.06. The molecule has 0 heterocycles. The third-order valence-electron chi connectivity index (χ3n) is 2.93. The molecule has 76 valence electrons. The van der Waals surface area contributed by atoms with Crippen LogP contribution in [0.1, 0.15) is 32.6 Å². The number of hydrogen-bond donors (Lipinski definition) is 2. The van der Waals surface area contributed by atoms with Gasteiger partial charge in [0, 0.05) is 11.3 Å². The van der Waals surface area contributed by atoms with Crippen LogP contribution in [0.15, 0.2) is 0 Å². The number of primary amides is 1. The maximum absolute atomic E-state index is 11.2. The zero-order valence-electron chi connectivity index (χ0n) is 9.06. The lowest BCUT2D eigenvalue weighted by atomic mass is 9.92. The van der Waals surface area contributed by atoms with Gasteiger partial charge in [-0.05, 0) is 49.9 Å². The zero-order chi connectivity index (χ0) is 11.0. The quantitative estimate of drug-likeness (QED) is 0.663. The van der Waals surface area contributed by atoms with Gasteiger partial charge in [-0.2, -0.15) is 0 Å². The fourth-order valence-corrected chi connectivity index (χ4v) is 1.71. The van der Waals surface area contributed by atoms with Crippen LogP contribution in [0.2, 0.25) is 0 Å². The number of nitrogen functional groups attached to an aromatic ring is 1. The van der Waals surface area contributed by atoms with Crippen molar-refractivity contribution in [3.8, 4) is 0 Å². The van der Waals surface area contributed by atoms with E-state index in [1.54, 1.807) is 0 Å². The van der Waals surface area contributed by atoms with E-state index in [1.165, 1.54) is 0 Å². The molecule has 14 heavy (non-hydrogen) atoms. The first-order valence-electron chi connectivity index (χ1n) is 4.53. The van der Waals surface area contributed by atoms with Crippen LogP contribution in [0, 0.1) is 27.7 Å². The molecule has 1 rings (SSSR count). The summed E-state index contributed by atoms with van der Waals surface area (Å²) in [7, 11) is 0. The molecule has 3 heteroatoms. The Morgan fingerprint density at radius 1 is 0.929 bits per heavy atom. The van der Waals surface area contributed by atoms with Crippen LogP contribution < -0.4 is 11.5 Å². The standard InChI is InChI=1S/C11H16N2O/c1-5-7(3)10(12)8(4)6(2)9(5)11(13)14/h12H2,1-4H3,(H2,13,14). The Kier molecular flexibility index (Phi) is 2.51. The predicted octanol–water partition coefficient (Wildman–Crippen LogP) is 1.60. The summed E-state index contributed by atoms with van der Waals surface area (Å²) in [5, 5.41) is 0. The molecule has 0 bridgehead atoms. The van der Waals surface area contributed by atoms with E-state index in [-0.39, 0.29) is 5.91 Å².